The van der Waals surface area contributed by atoms with Gasteiger partial charge in [-0.15, -0.1) is 8.78 Å². The van der Waals surface area contributed by atoms with Gasteiger partial charge in [-0.1, -0.05) is 49.6 Å². The van der Waals surface area contributed by atoms with Crippen molar-refractivity contribution in [2.24, 2.45) is 0 Å². The van der Waals surface area contributed by atoms with Gasteiger partial charge in [0.05, 0.1) is 31.6 Å². The van der Waals surface area contributed by atoms with Gasteiger partial charge >= 0.3 is 12.1 Å². The molecule has 0 N–H and O–H groups in total. The maximum atomic E-state index is 16.6. The maximum Gasteiger partial charge on any atom is 0.571 e. The number of nitrogens with zero attached hydrogens (tertiary/aromatic N) is 2. The van der Waals surface area contributed by atoms with Crippen molar-refractivity contribution in [1.29, 1.82) is 0 Å². The minimum atomic E-state index is -3.56. The summed E-state index contributed by atoms with van der Waals surface area (Å²) in [5.74, 6) is 2.04. The second kappa shape index (κ2) is 10.2. The van der Waals surface area contributed by atoms with Crippen LogP contribution in [0.3, 0.4) is 0 Å². The molecule has 6 rings (SSSR count). The fourth-order valence-electron chi connectivity index (χ4n) is 5.13. The first kappa shape index (κ1) is 27.3. The summed E-state index contributed by atoms with van der Waals surface area (Å²) in [6, 6.07) is 24.8. The van der Waals surface area contributed by atoms with Gasteiger partial charge in [0, 0.05) is 12.1 Å². The summed E-state index contributed by atoms with van der Waals surface area (Å²) in [6.45, 7) is 6.41. The van der Waals surface area contributed by atoms with E-state index in [0.29, 0.717) is 40.0 Å². The number of methoxy groups -OCH3 is 2. The van der Waals surface area contributed by atoms with Crippen molar-refractivity contribution in [3.63, 3.8) is 0 Å². The molecule has 4 aromatic rings. The molecular formula is C34H31F2N2O4+. The summed E-state index contributed by atoms with van der Waals surface area (Å²) < 4.78 is 57.6. The quantitative estimate of drug-likeness (QED) is 0.175. The SMILES string of the molecule is COc1ccc(OC2=[N+]3C(=C(c4ccc(C(C)(C)C)cc4)c4ccc(Oc5ccc(OC)cc5)n4C3(F)F)C=C2)cc1. The average Bonchev–Trinajstić information content (AvgIpc) is 3.60. The normalized spacial score (nSPS) is 15.4. The summed E-state index contributed by atoms with van der Waals surface area (Å²) in [5, 5.41) is 0. The minimum absolute atomic E-state index is 0.0151. The van der Waals surface area contributed by atoms with Crippen LogP contribution >= 0.6 is 0 Å². The second-order valence-corrected chi connectivity index (χ2v) is 11.1. The number of alkyl halides is 2. The number of fused-ring (bicyclic) bond motifs is 2. The molecule has 0 unspecified atom stereocenters. The largest absolute Gasteiger partial charge is 0.571 e. The van der Waals surface area contributed by atoms with E-state index in [1.54, 1.807) is 87.0 Å². The first-order chi connectivity index (χ1) is 20.1. The van der Waals surface area contributed by atoms with E-state index in [1.807, 2.05) is 24.3 Å². The second-order valence-electron chi connectivity index (χ2n) is 11.1. The molecule has 0 atom stereocenters. The van der Waals surface area contributed by atoms with Crippen LogP contribution in [0.15, 0.2) is 103 Å². The molecule has 8 heteroatoms. The van der Waals surface area contributed by atoms with Crippen LogP contribution in [0, 0.1) is 0 Å². The van der Waals surface area contributed by atoms with Gasteiger partial charge in [-0.05, 0) is 71.1 Å². The number of hydrogen-bond donors (Lipinski definition) is 0. The van der Waals surface area contributed by atoms with Gasteiger partial charge in [0.15, 0.2) is 0 Å². The van der Waals surface area contributed by atoms with Crippen molar-refractivity contribution >= 4 is 11.5 Å². The molecule has 2 aliphatic rings. The Balaban J connectivity index is 1.50. The van der Waals surface area contributed by atoms with E-state index < -0.39 is 6.17 Å². The summed E-state index contributed by atoms with van der Waals surface area (Å²) in [5.41, 5.74) is 3.18. The number of benzene rings is 3. The zero-order valence-corrected chi connectivity index (χ0v) is 24.0. The Morgan fingerprint density at radius 2 is 1.21 bits per heavy atom. The molecule has 0 bridgehead atoms. The number of rotatable bonds is 6. The lowest BCUT2D eigenvalue weighted by Gasteiger charge is -2.26. The highest BCUT2D eigenvalue weighted by Crippen LogP contribution is 2.47. The predicted molar refractivity (Wildman–Crippen MR) is 157 cm³/mol. The van der Waals surface area contributed by atoms with Crippen molar-refractivity contribution in [1.82, 2.24) is 4.57 Å². The number of hydrogen-bond acceptors (Lipinski definition) is 4. The molecule has 6 nitrogen and oxygen atoms in total. The van der Waals surface area contributed by atoms with Gasteiger partial charge in [0.25, 0.3) is 0 Å². The Morgan fingerprint density at radius 3 is 1.76 bits per heavy atom. The number of allylic oxidation sites excluding steroid dienone is 1. The number of halogens is 2. The first-order valence-corrected chi connectivity index (χ1v) is 13.5. The predicted octanol–water partition coefficient (Wildman–Crippen LogP) is 7.93. The Labute approximate surface area is 243 Å². The molecule has 0 amide bonds. The molecule has 1 aromatic heterocycles. The van der Waals surface area contributed by atoms with Crippen LogP contribution in [0.4, 0.5) is 8.78 Å². The monoisotopic (exact) mass is 569 g/mol. The first-order valence-electron chi connectivity index (χ1n) is 13.5. The van der Waals surface area contributed by atoms with Crippen molar-refractivity contribution in [3.8, 4) is 28.9 Å². The van der Waals surface area contributed by atoms with E-state index in [-0.39, 0.29) is 17.2 Å². The number of aromatic nitrogens is 1. The number of ether oxygens (including phenoxy) is 4. The fourth-order valence-corrected chi connectivity index (χ4v) is 5.13. The van der Waals surface area contributed by atoms with E-state index in [1.165, 1.54) is 0 Å². The van der Waals surface area contributed by atoms with E-state index >= 15 is 8.78 Å². The van der Waals surface area contributed by atoms with Crippen molar-refractivity contribution < 1.29 is 32.3 Å². The molecule has 0 saturated heterocycles. The zero-order valence-electron chi connectivity index (χ0n) is 24.0. The van der Waals surface area contributed by atoms with Gasteiger partial charge in [0.1, 0.15) is 23.0 Å². The highest BCUT2D eigenvalue weighted by molar-refractivity contribution is 5.92. The molecule has 3 heterocycles. The summed E-state index contributed by atoms with van der Waals surface area (Å²) >= 11 is 0. The molecule has 3 aromatic carbocycles. The van der Waals surface area contributed by atoms with E-state index in [0.717, 1.165) is 20.3 Å². The van der Waals surface area contributed by atoms with Gasteiger partial charge in [-0.25, -0.2) is 0 Å². The topological polar surface area (TPSA) is 44.9 Å². The molecule has 0 saturated carbocycles. The third-order valence-electron chi connectivity index (χ3n) is 7.34. The summed E-state index contributed by atoms with van der Waals surface area (Å²) in [6.07, 6.45) is -0.330. The minimum Gasteiger partial charge on any atom is -0.497 e. The third kappa shape index (κ3) is 4.72. The zero-order chi connectivity index (χ0) is 29.6. The van der Waals surface area contributed by atoms with Crippen LogP contribution in [-0.4, -0.2) is 29.3 Å². The lowest BCUT2D eigenvalue weighted by Crippen LogP contribution is -2.43. The molecule has 0 aliphatic carbocycles. The summed E-state index contributed by atoms with van der Waals surface area (Å²) in [4.78, 5) is 0. The van der Waals surface area contributed by atoms with Gasteiger partial charge in [0.2, 0.25) is 11.6 Å². The van der Waals surface area contributed by atoms with Gasteiger partial charge < -0.3 is 18.9 Å². The van der Waals surface area contributed by atoms with E-state index in [4.69, 9.17) is 18.9 Å². The molecule has 0 fully saturated rings. The molecular weight excluding hydrogens is 538 g/mol. The lowest BCUT2D eigenvalue weighted by atomic mass is 9.85. The van der Waals surface area contributed by atoms with E-state index in [9.17, 15) is 0 Å². The highest BCUT2D eigenvalue weighted by atomic mass is 19.3. The molecule has 214 valence electrons. The van der Waals surface area contributed by atoms with Crippen LogP contribution in [0.25, 0.3) is 5.57 Å². The van der Waals surface area contributed by atoms with Crippen LogP contribution < -0.4 is 18.9 Å². The van der Waals surface area contributed by atoms with Crippen LogP contribution in [0.2, 0.25) is 0 Å². The fraction of sp³-hybridized carbons (Fsp3) is 0.206. The smallest absolute Gasteiger partial charge is 0.497 e. The maximum absolute atomic E-state index is 16.6. The standard InChI is InChI=1S/C34H31F2N2O4/c1-33(2,3)23-8-6-22(7-9-23)32-28-18-20-30(41-26-14-10-24(39-4)11-15-26)37(28)34(35,36)38-29(32)19-21-31(38)42-27-16-12-25(40-5)13-17-27/h6-21H,1-5H3/q+1. The van der Waals surface area contributed by atoms with Crippen molar-refractivity contribution in [2.45, 2.75) is 32.4 Å². The Bertz CT molecular complexity index is 1720. The lowest BCUT2D eigenvalue weighted by molar-refractivity contribution is -0.678. The van der Waals surface area contributed by atoms with E-state index in [2.05, 4.69) is 20.8 Å². The Morgan fingerprint density at radius 1 is 0.667 bits per heavy atom. The molecule has 0 radical (unpaired) electrons. The van der Waals surface area contributed by atoms with Crippen LogP contribution in [-0.2, 0) is 11.6 Å². The Hall–Kier alpha value is -4.85. The van der Waals surface area contributed by atoms with Crippen LogP contribution in [0.1, 0.15) is 37.6 Å². The van der Waals surface area contributed by atoms with Crippen molar-refractivity contribution in [3.05, 3.63) is 120 Å². The third-order valence-corrected chi connectivity index (χ3v) is 7.34. The molecule has 2 aliphatic heterocycles. The molecule has 42 heavy (non-hydrogen) atoms. The highest BCUT2D eigenvalue weighted by Gasteiger charge is 2.58. The van der Waals surface area contributed by atoms with Crippen LogP contribution in [0.5, 0.6) is 28.9 Å². The van der Waals surface area contributed by atoms with Gasteiger partial charge in [-0.2, -0.15) is 4.57 Å². The average molecular weight is 570 g/mol. The van der Waals surface area contributed by atoms with Crippen molar-refractivity contribution in [2.75, 3.05) is 14.2 Å². The Kier molecular flexibility index (Phi) is 6.64. The molecule has 0 spiro atoms. The van der Waals surface area contributed by atoms with Gasteiger partial charge in [-0.3, -0.25) is 0 Å². The summed E-state index contributed by atoms with van der Waals surface area (Å²) in [7, 11) is 3.12.